The Kier molecular flexibility index (Phi) is 4.28. The highest BCUT2D eigenvalue weighted by atomic mass is 19.1. The molecule has 6 heteroatoms. The molecule has 1 saturated heterocycles. The summed E-state index contributed by atoms with van der Waals surface area (Å²) >= 11 is 0. The zero-order valence-corrected chi connectivity index (χ0v) is 14.7. The van der Waals surface area contributed by atoms with Crippen LogP contribution in [0.15, 0.2) is 18.3 Å². The molecule has 4 rings (SSSR count). The Morgan fingerprint density at radius 3 is 2.60 bits per heavy atom. The van der Waals surface area contributed by atoms with E-state index in [1.165, 1.54) is 6.42 Å². The van der Waals surface area contributed by atoms with E-state index >= 15 is 0 Å². The van der Waals surface area contributed by atoms with Gasteiger partial charge in [-0.2, -0.15) is 0 Å². The molecule has 1 aromatic rings. The van der Waals surface area contributed by atoms with E-state index < -0.39 is 17.7 Å². The molecule has 1 aromatic heterocycles. The van der Waals surface area contributed by atoms with Crippen molar-refractivity contribution in [1.29, 1.82) is 0 Å². The van der Waals surface area contributed by atoms with Gasteiger partial charge >= 0.3 is 0 Å². The maximum absolute atomic E-state index is 13.3. The molecular formula is C19H26FN3O2. The van der Waals surface area contributed by atoms with Gasteiger partial charge in [0.2, 0.25) is 0 Å². The number of alkyl halides is 1. The van der Waals surface area contributed by atoms with Crippen molar-refractivity contribution in [3.05, 3.63) is 29.6 Å². The number of primary amides is 1. The number of fused-ring (bicyclic) bond motifs is 2. The molecule has 1 aliphatic heterocycles. The van der Waals surface area contributed by atoms with Crippen molar-refractivity contribution in [2.24, 2.45) is 17.6 Å². The van der Waals surface area contributed by atoms with Crippen LogP contribution in [0.2, 0.25) is 0 Å². The van der Waals surface area contributed by atoms with Gasteiger partial charge in [-0.15, -0.1) is 0 Å². The van der Waals surface area contributed by atoms with Crippen LogP contribution in [0.25, 0.3) is 0 Å². The van der Waals surface area contributed by atoms with Gasteiger partial charge in [-0.05, 0) is 43.4 Å². The smallest absolute Gasteiger partial charge is 0.267 e. The van der Waals surface area contributed by atoms with Crippen molar-refractivity contribution < 1.29 is 13.9 Å². The molecule has 2 unspecified atom stereocenters. The fourth-order valence-electron chi connectivity index (χ4n) is 5.32. The Hall–Kier alpha value is -1.53. The van der Waals surface area contributed by atoms with Gasteiger partial charge in [0, 0.05) is 44.3 Å². The van der Waals surface area contributed by atoms with E-state index in [9.17, 15) is 9.18 Å². The Balaban J connectivity index is 1.67. The lowest BCUT2D eigenvalue weighted by Gasteiger charge is -2.57. The highest BCUT2D eigenvalue weighted by Crippen LogP contribution is 2.52. The van der Waals surface area contributed by atoms with Gasteiger partial charge in [0.25, 0.3) is 5.91 Å². The molecule has 136 valence electrons. The summed E-state index contributed by atoms with van der Waals surface area (Å²) in [5, 5.41) is 0. The number of aromatic nitrogens is 1. The van der Waals surface area contributed by atoms with Crippen molar-refractivity contribution in [3.63, 3.8) is 0 Å². The summed E-state index contributed by atoms with van der Waals surface area (Å²) in [5.74, 6) is 0.165. The first-order valence-electron chi connectivity index (χ1n) is 9.24. The number of halogens is 1. The number of ether oxygens (including phenoxy) is 1. The molecule has 1 amide bonds. The van der Waals surface area contributed by atoms with Gasteiger partial charge in [-0.1, -0.05) is 6.42 Å². The van der Waals surface area contributed by atoms with Gasteiger partial charge in [0.05, 0.1) is 0 Å². The van der Waals surface area contributed by atoms with Crippen LogP contribution in [0.5, 0.6) is 0 Å². The van der Waals surface area contributed by atoms with Crippen molar-refractivity contribution in [2.45, 2.75) is 49.9 Å². The standard InChI is InChI=1S/C19H26FN3O2/c1-25-19(12-5-6-22-17(7-12)18(21)24)13-3-2-4-14(19)11-23(10-13)16-8-15(20)9-16/h5-7,13-16H,2-4,8-11H2,1H3,(H2,21,24)/t13?,14?,15-,16+,19?. The Labute approximate surface area is 147 Å². The molecule has 25 heavy (non-hydrogen) atoms. The molecule has 2 atom stereocenters. The van der Waals surface area contributed by atoms with E-state index in [-0.39, 0.29) is 5.69 Å². The molecule has 3 aliphatic rings. The lowest BCUT2D eigenvalue weighted by atomic mass is 9.62. The average Bonchev–Trinajstić information content (AvgIpc) is 2.57. The van der Waals surface area contributed by atoms with Gasteiger partial charge in [0.15, 0.2) is 0 Å². The van der Waals surface area contributed by atoms with Crippen LogP contribution < -0.4 is 5.73 Å². The minimum Gasteiger partial charge on any atom is -0.373 e. The van der Waals surface area contributed by atoms with Crippen molar-refractivity contribution >= 4 is 5.91 Å². The van der Waals surface area contributed by atoms with Crippen molar-refractivity contribution in [2.75, 3.05) is 20.2 Å². The predicted octanol–water partition coefficient (Wildman–Crippen LogP) is 2.25. The number of nitrogens with zero attached hydrogens (tertiary/aromatic N) is 2. The van der Waals surface area contributed by atoms with Gasteiger partial charge in [-0.25, -0.2) is 4.39 Å². The zero-order chi connectivity index (χ0) is 17.6. The van der Waals surface area contributed by atoms with Crippen LogP contribution in [-0.2, 0) is 10.3 Å². The predicted molar refractivity (Wildman–Crippen MR) is 91.8 cm³/mol. The minimum atomic E-state index is -0.628. The normalized spacial score (nSPS) is 38.2. The third-order valence-corrected chi connectivity index (χ3v) is 6.60. The fraction of sp³-hybridized carbons (Fsp3) is 0.684. The molecule has 2 heterocycles. The van der Waals surface area contributed by atoms with E-state index in [1.54, 1.807) is 19.4 Å². The fourth-order valence-corrected chi connectivity index (χ4v) is 5.32. The van der Waals surface area contributed by atoms with Crippen LogP contribution in [0.4, 0.5) is 4.39 Å². The highest BCUT2D eigenvalue weighted by molar-refractivity contribution is 5.90. The zero-order valence-electron chi connectivity index (χ0n) is 14.7. The molecule has 0 radical (unpaired) electrons. The molecule has 5 nitrogen and oxygen atoms in total. The SMILES string of the molecule is COC1(c2ccnc(C(N)=O)c2)C2CCCC1CN([C@H]1C[C@@H](F)C1)C2. The molecule has 3 fully saturated rings. The maximum Gasteiger partial charge on any atom is 0.267 e. The number of piperidine rings is 1. The molecule has 2 bridgehead atoms. The second-order valence-corrected chi connectivity index (χ2v) is 7.79. The van der Waals surface area contributed by atoms with E-state index in [4.69, 9.17) is 10.5 Å². The van der Waals surface area contributed by atoms with Gasteiger partial charge in [-0.3, -0.25) is 14.7 Å². The number of carbonyl (C=O) groups excluding carboxylic acids is 1. The molecule has 2 saturated carbocycles. The lowest BCUT2D eigenvalue weighted by molar-refractivity contribution is -0.180. The number of rotatable bonds is 4. The largest absolute Gasteiger partial charge is 0.373 e. The Bertz CT molecular complexity index is 648. The summed E-state index contributed by atoms with van der Waals surface area (Å²) in [6, 6.07) is 4.14. The number of methoxy groups -OCH3 is 1. The summed E-state index contributed by atoms with van der Waals surface area (Å²) < 4.78 is 19.5. The second kappa shape index (κ2) is 6.32. The summed E-state index contributed by atoms with van der Waals surface area (Å²) in [5.41, 5.74) is 6.32. The number of amides is 1. The number of carbonyl (C=O) groups is 1. The first-order valence-corrected chi connectivity index (χ1v) is 9.24. The quantitative estimate of drug-likeness (QED) is 0.907. The molecular weight excluding hydrogens is 321 g/mol. The van der Waals surface area contributed by atoms with Gasteiger partial charge < -0.3 is 10.5 Å². The van der Waals surface area contributed by atoms with Crippen LogP contribution in [0.1, 0.15) is 48.2 Å². The molecule has 2 aliphatic carbocycles. The third-order valence-electron chi connectivity index (χ3n) is 6.60. The molecule has 2 N–H and O–H groups in total. The number of likely N-dealkylation sites (tertiary alicyclic amines) is 1. The summed E-state index contributed by atoms with van der Waals surface area (Å²) in [4.78, 5) is 18.1. The Morgan fingerprint density at radius 1 is 1.36 bits per heavy atom. The number of hydrogen-bond acceptors (Lipinski definition) is 4. The van der Waals surface area contributed by atoms with E-state index in [0.29, 0.717) is 30.7 Å². The monoisotopic (exact) mass is 347 g/mol. The minimum absolute atomic E-state index is 0.286. The van der Waals surface area contributed by atoms with Crippen molar-refractivity contribution in [1.82, 2.24) is 9.88 Å². The topological polar surface area (TPSA) is 68.5 Å². The third kappa shape index (κ3) is 2.66. The van der Waals surface area contributed by atoms with E-state index in [2.05, 4.69) is 9.88 Å². The van der Waals surface area contributed by atoms with Crippen LogP contribution >= 0.6 is 0 Å². The van der Waals surface area contributed by atoms with E-state index in [0.717, 1.165) is 31.5 Å². The van der Waals surface area contributed by atoms with E-state index in [1.807, 2.05) is 6.07 Å². The maximum atomic E-state index is 13.3. The first kappa shape index (κ1) is 16.9. The summed E-state index contributed by atoms with van der Waals surface area (Å²) in [6.45, 7) is 1.85. The van der Waals surface area contributed by atoms with Crippen LogP contribution in [0.3, 0.4) is 0 Å². The van der Waals surface area contributed by atoms with Gasteiger partial charge in [0.1, 0.15) is 17.5 Å². The highest BCUT2D eigenvalue weighted by Gasteiger charge is 2.54. The summed E-state index contributed by atoms with van der Waals surface area (Å²) in [7, 11) is 1.77. The first-order chi connectivity index (χ1) is 12.0. The molecule has 0 spiro atoms. The lowest BCUT2D eigenvalue weighted by Crippen LogP contribution is -2.62. The number of pyridine rings is 1. The second-order valence-electron chi connectivity index (χ2n) is 7.79. The Morgan fingerprint density at radius 2 is 2.04 bits per heavy atom. The van der Waals surface area contributed by atoms with Crippen LogP contribution in [0, 0.1) is 11.8 Å². The number of nitrogens with two attached hydrogens (primary N) is 1. The summed E-state index contributed by atoms with van der Waals surface area (Å²) in [6.07, 6.45) is 5.72. The average molecular weight is 347 g/mol. The van der Waals surface area contributed by atoms with Crippen molar-refractivity contribution in [3.8, 4) is 0 Å². The number of hydrogen-bond donors (Lipinski definition) is 1. The van der Waals surface area contributed by atoms with Crippen LogP contribution in [-0.4, -0.2) is 48.2 Å². The molecule has 0 aromatic carbocycles.